The van der Waals surface area contributed by atoms with Crippen LogP contribution in [0.5, 0.6) is 0 Å². The van der Waals surface area contributed by atoms with E-state index in [1.807, 2.05) is 0 Å². The minimum atomic E-state index is -0.739. The highest BCUT2D eigenvalue weighted by atomic mass is 16.5. The number of hydrogen-bond acceptors (Lipinski definition) is 4. The van der Waals surface area contributed by atoms with Crippen LogP contribution in [0.25, 0.3) is 0 Å². The fourth-order valence-electron chi connectivity index (χ4n) is 2.50. The minimum absolute atomic E-state index is 0.110. The SMILES string of the molecule is CN1CCN(C(C(=O)O)C2CCCO2)CC1. The van der Waals surface area contributed by atoms with E-state index in [2.05, 4.69) is 16.8 Å². The van der Waals surface area contributed by atoms with Gasteiger partial charge in [0.05, 0.1) is 6.10 Å². The summed E-state index contributed by atoms with van der Waals surface area (Å²) in [5, 5.41) is 9.32. The molecule has 0 amide bonds. The maximum absolute atomic E-state index is 11.3. The topological polar surface area (TPSA) is 53.0 Å². The number of hydrogen-bond donors (Lipinski definition) is 1. The first-order valence-corrected chi connectivity index (χ1v) is 5.95. The van der Waals surface area contributed by atoms with Crippen LogP contribution in [-0.4, -0.2) is 72.9 Å². The number of carboxylic acid groups (broad SMARTS) is 1. The lowest BCUT2D eigenvalue weighted by atomic mass is 10.1. The van der Waals surface area contributed by atoms with Crippen LogP contribution in [0.2, 0.25) is 0 Å². The van der Waals surface area contributed by atoms with Crippen LogP contribution in [0, 0.1) is 0 Å². The van der Waals surface area contributed by atoms with Crippen molar-refractivity contribution >= 4 is 5.97 Å². The highest BCUT2D eigenvalue weighted by Crippen LogP contribution is 2.21. The monoisotopic (exact) mass is 228 g/mol. The quantitative estimate of drug-likeness (QED) is 0.729. The molecule has 2 atom stereocenters. The lowest BCUT2D eigenvalue weighted by molar-refractivity contribution is -0.149. The molecule has 2 aliphatic heterocycles. The fraction of sp³-hybridized carbons (Fsp3) is 0.909. The minimum Gasteiger partial charge on any atom is -0.480 e. The Morgan fingerprint density at radius 3 is 2.56 bits per heavy atom. The van der Waals surface area contributed by atoms with Gasteiger partial charge in [-0.3, -0.25) is 9.69 Å². The highest BCUT2D eigenvalue weighted by molar-refractivity contribution is 5.74. The zero-order valence-corrected chi connectivity index (χ0v) is 9.76. The second kappa shape index (κ2) is 5.12. The molecule has 5 heteroatoms. The molecule has 2 aliphatic rings. The van der Waals surface area contributed by atoms with Gasteiger partial charge in [-0.15, -0.1) is 0 Å². The van der Waals surface area contributed by atoms with Crippen molar-refractivity contribution < 1.29 is 14.6 Å². The number of aliphatic carboxylic acids is 1. The van der Waals surface area contributed by atoms with Crippen molar-refractivity contribution in [1.82, 2.24) is 9.80 Å². The molecule has 0 saturated carbocycles. The standard InChI is InChI=1S/C11H20N2O3/c1-12-4-6-13(7-5-12)10(11(14)15)9-3-2-8-16-9/h9-10H,2-8H2,1H3,(H,14,15). The molecular weight excluding hydrogens is 208 g/mol. The average Bonchev–Trinajstić information content (AvgIpc) is 2.74. The van der Waals surface area contributed by atoms with Crippen LogP contribution < -0.4 is 0 Å². The summed E-state index contributed by atoms with van der Waals surface area (Å²) >= 11 is 0. The summed E-state index contributed by atoms with van der Waals surface area (Å²) in [6.07, 6.45) is 1.76. The number of nitrogens with zero attached hydrogens (tertiary/aromatic N) is 2. The van der Waals surface area contributed by atoms with Gasteiger partial charge in [0.2, 0.25) is 0 Å². The summed E-state index contributed by atoms with van der Waals surface area (Å²) in [6, 6.07) is -0.448. The number of carboxylic acids is 1. The molecule has 0 aromatic carbocycles. The average molecular weight is 228 g/mol. The zero-order valence-electron chi connectivity index (χ0n) is 9.76. The third-order valence-corrected chi connectivity index (χ3v) is 3.50. The summed E-state index contributed by atoms with van der Waals surface area (Å²) in [5.74, 6) is -0.739. The van der Waals surface area contributed by atoms with Gasteiger partial charge in [-0.2, -0.15) is 0 Å². The molecular formula is C11H20N2O3. The largest absolute Gasteiger partial charge is 0.480 e. The van der Waals surface area contributed by atoms with Gasteiger partial charge in [0.1, 0.15) is 6.04 Å². The Labute approximate surface area is 96.0 Å². The zero-order chi connectivity index (χ0) is 11.5. The molecule has 2 saturated heterocycles. The van der Waals surface area contributed by atoms with Crippen molar-refractivity contribution in [3.05, 3.63) is 0 Å². The molecule has 0 aliphatic carbocycles. The molecule has 0 radical (unpaired) electrons. The smallest absolute Gasteiger partial charge is 0.323 e. The van der Waals surface area contributed by atoms with Gasteiger partial charge in [-0.05, 0) is 19.9 Å². The normalized spacial score (nSPS) is 30.4. The second-order valence-corrected chi connectivity index (χ2v) is 4.67. The van der Waals surface area contributed by atoms with E-state index in [0.717, 1.165) is 39.0 Å². The molecule has 2 rings (SSSR count). The first-order valence-electron chi connectivity index (χ1n) is 5.95. The molecule has 2 heterocycles. The predicted molar refractivity (Wildman–Crippen MR) is 59.5 cm³/mol. The molecule has 5 nitrogen and oxygen atoms in total. The van der Waals surface area contributed by atoms with Crippen molar-refractivity contribution in [3.63, 3.8) is 0 Å². The van der Waals surface area contributed by atoms with Crippen molar-refractivity contribution in [1.29, 1.82) is 0 Å². The molecule has 0 spiro atoms. The Hall–Kier alpha value is -0.650. The van der Waals surface area contributed by atoms with Crippen LogP contribution >= 0.6 is 0 Å². The van der Waals surface area contributed by atoms with Gasteiger partial charge in [0, 0.05) is 32.8 Å². The molecule has 0 bridgehead atoms. The van der Waals surface area contributed by atoms with Gasteiger partial charge >= 0.3 is 5.97 Å². The molecule has 1 N–H and O–H groups in total. The van der Waals surface area contributed by atoms with Crippen LogP contribution in [0.4, 0.5) is 0 Å². The molecule has 2 unspecified atom stereocenters. The van der Waals surface area contributed by atoms with E-state index in [0.29, 0.717) is 6.61 Å². The fourth-order valence-corrected chi connectivity index (χ4v) is 2.50. The van der Waals surface area contributed by atoms with Gasteiger partial charge in [-0.25, -0.2) is 0 Å². The van der Waals surface area contributed by atoms with E-state index >= 15 is 0 Å². The third kappa shape index (κ3) is 2.53. The van der Waals surface area contributed by atoms with E-state index in [9.17, 15) is 9.90 Å². The van der Waals surface area contributed by atoms with E-state index < -0.39 is 12.0 Å². The number of piperazine rings is 1. The summed E-state index contributed by atoms with van der Waals surface area (Å²) in [6.45, 7) is 4.25. The first-order chi connectivity index (χ1) is 7.68. The van der Waals surface area contributed by atoms with Crippen LogP contribution in [0.3, 0.4) is 0 Å². The van der Waals surface area contributed by atoms with Crippen molar-refractivity contribution in [2.75, 3.05) is 39.8 Å². The molecule has 0 aromatic heterocycles. The number of rotatable bonds is 3. The molecule has 0 aromatic rings. The van der Waals surface area contributed by atoms with Gasteiger partial charge in [0.15, 0.2) is 0 Å². The summed E-state index contributed by atoms with van der Waals surface area (Å²) in [7, 11) is 2.07. The Bertz CT molecular complexity index is 246. The van der Waals surface area contributed by atoms with E-state index in [4.69, 9.17) is 4.74 Å². The summed E-state index contributed by atoms with van der Waals surface area (Å²) in [4.78, 5) is 15.6. The Morgan fingerprint density at radius 1 is 1.38 bits per heavy atom. The molecule has 92 valence electrons. The summed E-state index contributed by atoms with van der Waals surface area (Å²) in [5.41, 5.74) is 0. The highest BCUT2D eigenvalue weighted by Gasteiger charge is 2.37. The summed E-state index contributed by atoms with van der Waals surface area (Å²) < 4.78 is 5.52. The number of carbonyl (C=O) groups is 1. The van der Waals surface area contributed by atoms with Gasteiger partial charge in [0.25, 0.3) is 0 Å². The van der Waals surface area contributed by atoms with E-state index in [1.165, 1.54) is 0 Å². The van der Waals surface area contributed by atoms with E-state index in [-0.39, 0.29) is 6.10 Å². The number of likely N-dealkylation sites (N-methyl/N-ethyl adjacent to an activating group) is 1. The Balaban J connectivity index is 1.98. The first kappa shape index (κ1) is 11.8. The maximum atomic E-state index is 11.3. The van der Waals surface area contributed by atoms with Crippen molar-refractivity contribution in [2.24, 2.45) is 0 Å². The lowest BCUT2D eigenvalue weighted by Gasteiger charge is -2.37. The van der Waals surface area contributed by atoms with Crippen molar-refractivity contribution in [3.8, 4) is 0 Å². The maximum Gasteiger partial charge on any atom is 0.323 e. The van der Waals surface area contributed by atoms with Gasteiger partial charge in [-0.1, -0.05) is 0 Å². The number of ether oxygens (including phenoxy) is 1. The molecule has 16 heavy (non-hydrogen) atoms. The third-order valence-electron chi connectivity index (χ3n) is 3.50. The Morgan fingerprint density at radius 2 is 2.06 bits per heavy atom. The van der Waals surface area contributed by atoms with Crippen LogP contribution in [0.15, 0.2) is 0 Å². The van der Waals surface area contributed by atoms with E-state index in [1.54, 1.807) is 0 Å². The van der Waals surface area contributed by atoms with Crippen LogP contribution in [-0.2, 0) is 9.53 Å². The molecule has 2 fully saturated rings. The second-order valence-electron chi connectivity index (χ2n) is 4.67. The lowest BCUT2D eigenvalue weighted by Crippen LogP contribution is -2.55. The van der Waals surface area contributed by atoms with Crippen molar-refractivity contribution in [2.45, 2.75) is 25.0 Å². The van der Waals surface area contributed by atoms with Gasteiger partial charge < -0.3 is 14.7 Å². The van der Waals surface area contributed by atoms with Crippen LogP contribution in [0.1, 0.15) is 12.8 Å². The Kier molecular flexibility index (Phi) is 3.78. The predicted octanol–water partition coefficient (Wildman–Crippen LogP) is -0.134.